The van der Waals surface area contributed by atoms with Crippen LogP contribution in [0.5, 0.6) is 0 Å². The molecule has 104 valence electrons. The second-order valence-corrected chi connectivity index (χ2v) is 5.18. The maximum Gasteiger partial charge on any atom is 0.241 e. The van der Waals surface area contributed by atoms with Crippen LogP contribution in [0.4, 0.5) is 5.69 Å². The van der Waals surface area contributed by atoms with Gasteiger partial charge in [-0.1, -0.05) is 48.0 Å². The average Bonchev–Trinajstić information content (AvgIpc) is 2.43. The van der Waals surface area contributed by atoms with Gasteiger partial charge in [0.15, 0.2) is 0 Å². The third-order valence-corrected chi connectivity index (χ3v) is 3.33. The highest BCUT2D eigenvalue weighted by atomic mass is 35.5. The molecule has 0 aliphatic carbocycles. The Morgan fingerprint density at radius 3 is 2.60 bits per heavy atom. The normalized spacial score (nSPS) is 11.9. The molecule has 4 heteroatoms. The van der Waals surface area contributed by atoms with E-state index in [1.807, 2.05) is 43.3 Å². The van der Waals surface area contributed by atoms with E-state index in [9.17, 15) is 4.79 Å². The van der Waals surface area contributed by atoms with Gasteiger partial charge in [-0.2, -0.15) is 0 Å². The van der Waals surface area contributed by atoms with Crippen LogP contribution in [0.3, 0.4) is 0 Å². The maximum atomic E-state index is 12.1. The Morgan fingerprint density at radius 1 is 1.25 bits per heavy atom. The quantitative estimate of drug-likeness (QED) is 0.908. The highest BCUT2D eigenvalue weighted by molar-refractivity contribution is 6.33. The molecule has 0 saturated carbocycles. The van der Waals surface area contributed by atoms with Crippen LogP contribution in [0.15, 0.2) is 48.5 Å². The number of nitrogens with two attached hydrogens (primary N) is 1. The molecule has 0 spiro atoms. The first-order valence-corrected chi connectivity index (χ1v) is 6.80. The zero-order valence-corrected chi connectivity index (χ0v) is 12.0. The Morgan fingerprint density at radius 2 is 1.95 bits per heavy atom. The van der Waals surface area contributed by atoms with Crippen LogP contribution in [0.25, 0.3) is 0 Å². The van der Waals surface area contributed by atoms with Gasteiger partial charge in [0.2, 0.25) is 5.91 Å². The molecule has 2 aromatic rings. The van der Waals surface area contributed by atoms with Crippen molar-refractivity contribution < 1.29 is 4.79 Å². The van der Waals surface area contributed by atoms with Gasteiger partial charge >= 0.3 is 0 Å². The number of halogens is 1. The van der Waals surface area contributed by atoms with Crippen molar-refractivity contribution in [1.82, 2.24) is 0 Å². The number of hydrogen-bond donors (Lipinski definition) is 2. The Labute approximate surface area is 123 Å². The zero-order chi connectivity index (χ0) is 14.5. The molecule has 2 aromatic carbocycles. The maximum absolute atomic E-state index is 12.1. The van der Waals surface area contributed by atoms with Crippen molar-refractivity contribution in [3.63, 3.8) is 0 Å². The fourth-order valence-electron chi connectivity index (χ4n) is 1.91. The summed E-state index contributed by atoms with van der Waals surface area (Å²) in [5.41, 5.74) is 8.59. The van der Waals surface area contributed by atoms with E-state index in [0.717, 1.165) is 11.1 Å². The summed E-state index contributed by atoms with van der Waals surface area (Å²) in [6.45, 7) is 1.94. The molecule has 0 bridgehead atoms. The second kappa shape index (κ2) is 6.55. The lowest BCUT2D eigenvalue weighted by molar-refractivity contribution is -0.117. The summed E-state index contributed by atoms with van der Waals surface area (Å²) in [4.78, 5) is 12.1. The number of hydrogen-bond acceptors (Lipinski definition) is 2. The topological polar surface area (TPSA) is 55.1 Å². The first-order valence-electron chi connectivity index (χ1n) is 6.43. The van der Waals surface area contributed by atoms with E-state index in [2.05, 4.69) is 5.32 Å². The highest BCUT2D eigenvalue weighted by Crippen LogP contribution is 2.22. The number of nitrogens with one attached hydrogen (secondary N) is 1. The van der Waals surface area contributed by atoms with Crippen LogP contribution in [-0.2, 0) is 11.2 Å². The van der Waals surface area contributed by atoms with Crippen LogP contribution in [0, 0.1) is 6.92 Å². The zero-order valence-electron chi connectivity index (χ0n) is 11.3. The van der Waals surface area contributed by atoms with E-state index >= 15 is 0 Å². The van der Waals surface area contributed by atoms with E-state index in [-0.39, 0.29) is 5.91 Å². The molecule has 1 unspecified atom stereocenters. The van der Waals surface area contributed by atoms with E-state index < -0.39 is 6.04 Å². The van der Waals surface area contributed by atoms with Crippen LogP contribution < -0.4 is 11.1 Å². The summed E-state index contributed by atoms with van der Waals surface area (Å²) >= 11 is 6.08. The third-order valence-electron chi connectivity index (χ3n) is 3.02. The largest absolute Gasteiger partial charge is 0.323 e. The second-order valence-electron chi connectivity index (χ2n) is 4.77. The minimum Gasteiger partial charge on any atom is -0.323 e. The molecular formula is C16H17ClN2O. The van der Waals surface area contributed by atoms with Gasteiger partial charge in [0.25, 0.3) is 0 Å². The summed E-state index contributed by atoms with van der Waals surface area (Å²) in [7, 11) is 0. The summed E-state index contributed by atoms with van der Waals surface area (Å²) in [6, 6.07) is 14.6. The molecule has 20 heavy (non-hydrogen) atoms. The fraction of sp³-hybridized carbons (Fsp3) is 0.188. The standard InChI is InChI=1S/C16H17ClN2O/c1-11-7-8-15(13(17)9-11)19-16(20)14(18)10-12-5-3-2-4-6-12/h2-9,14H,10,18H2,1H3,(H,19,20). The van der Waals surface area contributed by atoms with Crippen LogP contribution >= 0.6 is 11.6 Å². The predicted molar refractivity (Wildman–Crippen MR) is 82.9 cm³/mol. The monoisotopic (exact) mass is 288 g/mol. The number of carbonyl (C=O) groups is 1. The average molecular weight is 289 g/mol. The highest BCUT2D eigenvalue weighted by Gasteiger charge is 2.15. The van der Waals surface area contributed by atoms with Crippen molar-refractivity contribution in [2.24, 2.45) is 5.73 Å². The van der Waals surface area contributed by atoms with E-state index in [0.29, 0.717) is 17.1 Å². The van der Waals surface area contributed by atoms with Gasteiger partial charge in [0, 0.05) is 0 Å². The summed E-state index contributed by atoms with van der Waals surface area (Å²) in [5, 5.41) is 3.28. The number of anilines is 1. The van der Waals surface area contributed by atoms with Gasteiger partial charge in [-0.25, -0.2) is 0 Å². The molecule has 3 nitrogen and oxygen atoms in total. The minimum atomic E-state index is -0.602. The molecule has 1 atom stereocenters. The molecule has 2 rings (SSSR count). The lowest BCUT2D eigenvalue weighted by Crippen LogP contribution is -2.37. The summed E-state index contributed by atoms with van der Waals surface area (Å²) in [6.07, 6.45) is 0.496. The molecule has 1 amide bonds. The first-order chi connectivity index (χ1) is 9.56. The molecule has 0 aliphatic rings. The van der Waals surface area contributed by atoms with Crippen molar-refractivity contribution in [1.29, 1.82) is 0 Å². The van der Waals surface area contributed by atoms with Gasteiger partial charge in [0.1, 0.15) is 0 Å². The van der Waals surface area contributed by atoms with Crippen LogP contribution in [0.1, 0.15) is 11.1 Å². The number of aryl methyl sites for hydroxylation is 1. The molecular weight excluding hydrogens is 272 g/mol. The Bertz CT molecular complexity index is 599. The van der Waals surface area contributed by atoms with E-state index in [4.69, 9.17) is 17.3 Å². The van der Waals surface area contributed by atoms with Gasteiger partial charge < -0.3 is 11.1 Å². The Balaban J connectivity index is 2.01. The first kappa shape index (κ1) is 14.6. The summed E-state index contributed by atoms with van der Waals surface area (Å²) < 4.78 is 0. The van der Waals surface area contributed by atoms with Crippen LogP contribution in [0.2, 0.25) is 5.02 Å². The fourth-order valence-corrected chi connectivity index (χ4v) is 2.19. The van der Waals surface area contributed by atoms with Crippen molar-refractivity contribution in [2.45, 2.75) is 19.4 Å². The Hall–Kier alpha value is -1.84. The molecule has 0 fully saturated rings. The van der Waals surface area contributed by atoms with Crippen LogP contribution in [-0.4, -0.2) is 11.9 Å². The van der Waals surface area contributed by atoms with Crippen molar-refractivity contribution in [3.8, 4) is 0 Å². The van der Waals surface area contributed by atoms with Gasteiger partial charge in [-0.05, 0) is 36.6 Å². The number of amides is 1. The van der Waals surface area contributed by atoms with E-state index in [1.54, 1.807) is 12.1 Å². The smallest absolute Gasteiger partial charge is 0.241 e. The Kier molecular flexibility index (Phi) is 4.77. The third kappa shape index (κ3) is 3.83. The van der Waals surface area contributed by atoms with Gasteiger partial charge in [-0.15, -0.1) is 0 Å². The van der Waals surface area contributed by atoms with Crippen molar-refractivity contribution in [2.75, 3.05) is 5.32 Å². The molecule has 0 aromatic heterocycles. The number of carbonyl (C=O) groups excluding carboxylic acids is 1. The van der Waals surface area contributed by atoms with Gasteiger partial charge in [-0.3, -0.25) is 4.79 Å². The molecule has 0 heterocycles. The predicted octanol–water partition coefficient (Wildman–Crippen LogP) is 3.16. The van der Waals surface area contributed by atoms with E-state index in [1.165, 1.54) is 0 Å². The van der Waals surface area contributed by atoms with Crippen molar-refractivity contribution >= 4 is 23.2 Å². The summed E-state index contributed by atoms with van der Waals surface area (Å²) in [5.74, 6) is -0.236. The molecule has 3 N–H and O–H groups in total. The SMILES string of the molecule is Cc1ccc(NC(=O)C(N)Cc2ccccc2)c(Cl)c1. The molecule has 0 radical (unpaired) electrons. The minimum absolute atomic E-state index is 0.236. The molecule has 0 aliphatic heterocycles. The van der Waals surface area contributed by atoms with Crippen molar-refractivity contribution in [3.05, 3.63) is 64.7 Å². The molecule has 0 saturated heterocycles. The van der Waals surface area contributed by atoms with Gasteiger partial charge in [0.05, 0.1) is 16.8 Å². The lowest BCUT2D eigenvalue weighted by Gasteiger charge is -2.13. The lowest BCUT2D eigenvalue weighted by atomic mass is 10.1. The number of benzene rings is 2. The number of rotatable bonds is 4.